The SMILES string of the molecule is CC(C)C[C@H](NC(=O)[C@H](C)NC(=O)CNC(=O)CN)C(=O)N[C@@H](C)C(=O)N[C@@H](CCC(N)=O)C(=O)N1CCC[C@H]1C(=O)CC(=O)O. The van der Waals surface area contributed by atoms with E-state index in [0.29, 0.717) is 6.42 Å². The van der Waals surface area contributed by atoms with Gasteiger partial charge in [0.05, 0.1) is 19.1 Å². The molecular weight excluding hydrogens is 608 g/mol. The number of aliphatic carboxylic acids is 1. The van der Waals surface area contributed by atoms with Gasteiger partial charge in [-0.25, -0.2) is 0 Å². The summed E-state index contributed by atoms with van der Waals surface area (Å²) in [6, 6.07) is -5.72. The standard InChI is InChI=1S/C28H46N8O10/c1-14(2)10-18(35-25(43)15(3)32-23(40)13-31-22(39)12-29)27(45)33-16(4)26(44)34-17(7-8-21(30)38)28(46)36-9-5-6-19(36)20(37)11-24(41)42/h14-19H,5-13,29H2,1-4H3,(H2,30,38)(H,31,39)(H,32,40)(H,33,45)(H,34,44)(H,35,43)(H,41,42)/t15-,16-,17-,18-,19-/m0/s1. The molecule has 0 aromatic rings. The molecule has 1 fully saturated rings. The topological polar surface area (TPSA) is 289 Å². The summed E-state index contributed by atoms with van der Waals surface area (Å²) in [4.78, 5) is 112. The zero-order valence-electron chi connectivity index (χ0n) is 26.6. The molecule has 18 heteroatoms. The number of primary amides is 1. The molecule has 46 heavy (non-hydrogen) atoms. The van der Waals surface area contributed by atoms with E-state index in [-0.39, 0.29) is 44.7 Å². The summed E-state index contributed by atoms with van der Waals surface area (Å²) < 4.78 is 0. The summed E-state index contributed by atoms with van der Waals surface area (Å²) in [5.41, 5.74) is 10.4. The minimum absolute atomic E-state index is 0.0791. The van der Waals surface area contributed by atoms with Crippen LogP contribution in [0.3, 0.4) is 0 Å². The third-order valence-electron chi connectivity index (χ3n) is 7.02. The maximum atomic E-state index is 13.4. The Morgan fingerprint density at radius 1 is 0.826 bits per heavy atom. The van der Waals surface area contributed by atoms with Crippen LogP contribution in [0.1, 0.15) is 66.2 Å². The molecule has 1 heterocycles. The van der Waals surface area contributed by atoms with Gasteiger partial charge in [0.1, 0.15) is 30.6 Å². The highest BCUT2D eigenvalue weighted by Crippen LogP contribution is 2.21. The summed E-state index contributed by atoms with van der Waals surface area (Å²) in [6.07, 6.45) is -0.419. The number of Topliss-reactive ketones (excluding diaryl/α,β-unsaturated/α-hetero) is 1. The molecule has 0 saturated carbocycles. The number of carbonyl (C=O) groups is 9. The van der Waals surface area contributed by atoms with Gasteiger partial charge in [-0.15, -0.1) is 0 Å². The maximum Gasteiger partial charge on any atom is 0.310 e. The first-order valence-electron chi connectivity index (χ1n) is 15.0. The zero-order valence-corrected chi connectivity index (χ0v) is 26.6. The lowest BCUT2D eigenvalue weighted by molar-refractivity contribution is -0.145. The van der Waals surface area contributed by atoms with Crippen molar-refractivity contribution in [2.75, 3.05) is 19.6 Å². The zero-order chi connectivity index (χ0) is 35.1. The number of hydrogen-bond donors (Lipinski definition) is 8. The number of amides is 7. The van der Waals surface area contributed by atoms with Crippen molar-refractivity contribution in [1.82, 2.24) is 31.5 Å². The Kier molecular flexibility index (Phi) is 16.3. The van der Waals surface area contributed by atoms with Crippen molar-refractivity contribution in [2.45, 2.75) is 96.4 Å². The number of hydrogen-bond acceptors (Lipinski definition) is 10. The van der Waals surface area contributed by atoms with Crippen molar-refractivity contribution in [2.24, 2.45) is 17.4 Å². The minimum Gasteiger partial charge on any atom is -0.481 e. The van der Waals surface area contributed by atoms with Crippen LogP contribution >= 0.6 is 0 Å². The van der Waals surface area contributed by atoms with E-state index < -0.39 is 96.3 Å². The van der Waals surface area contributed by atoms with Gasteiger partial charge >= 0.3 is 5.97 Å². The molecule has 258 valence electrons. The smallest absolute Gasteiger partial charge is 0.310 e. The largest absolute Gasteiger partial charge is 0.481 e. The molecule has 1 aliphatic rings. The molecule has 0 unspecified atom stereocenters. The van der Waals surface area contributed by atoms with Crippen LogP contribution in [-0.2, 0) is 43.2 Å². The van der Waals surface area contributed by atoms with Gasteiger partial charge in [0.2, 0.25) is 41.4 Å². The number of nitrogens with zero attached hydrogens (tertiary/aromatic N) is 1. The van der Waals surface area contributed by atoms with E-state index in [1.165, 1.54) is 18.7 Å². The van der Waals surface area contributed by atoms with Crippen molar-refractivity contribution >= 4 is 53.1 Å². The first-order valence-corrected chi connectivity index (χ1v) is 15.0. The summed E-state index contributed by atoms with van der Waals surface area (Å²) in [6.45, 7) is 5.74. The summed E-state index contributed by atoms with van der Waals surface area (Å²) in [7, 11) is 0. The number of nitrogens with two attached hydrogens (primary N) is 2. The normalized spacial score (nSPS) is 16.7. The monoisotopic (exact) mass is 654 g/mol. The van der Waals surface area contributed by atoms with Gasteiger partial charge in [-0.1, -0.05) is 13.8 Å². The number of ketones is 1. The lowest BCUT2D eigenvalue weighted by Gasteiger charge is -2.29. The fourth-order valence-corrected chi connectivity index (χ4v) is 4.66. The number of carboxylic acids is 1. The molecule has 0 aromatic heterocycles. The van der Waals surface area contributed by atoms with E-state index in [0.717, 1.165) is 0 Å². The van der Waals surface area contributed by atoms with Crippen molar-refractivity contribution < 1.29 is 48.3 Å². The van der Waals surface area contributed by atoms with Gasteiger partial charge in [-0.2, -0.15) is 0 Å². The van der Waals surface area contributed by atoms with E-state index in [9.17, 15) is 43.2 Å². The van der Waals surface area contributed by atoms with Gasteiger partial charge in [-0.05, 0) is 45.4 Å². The molecule has 1 aliphatic heterocycles. The van der Waals surface area contributed by atoms with Crippen LogP contribution < -0.4 is 38.1 Å². The van der Waals surface area contributed by atoms with Crippen LogP contribution in [0.5, 0.6) is 0 Å². The van der Waals surface area contributed by atoms with E-state index >= 15 is 0 Å². The molecule has 18 nitrogen and oxygen atoms in total. The predicted octanol–water partition coefficient (Wildman–Crippen LogP) is -3.61. The molecule has 7 amide bonds. The van der Waals surface area contributed by atoms with Gasteiger partial charge in [0, 0.05) is 13.0 Å². The molecule has 0 bridgehead atoms. The first kappa shape index (κ1) is 39.4. The number of carboxylic acid groups (broad SMARTS) is 1. The summed E-state index contributed by atoms with van der Waals surface area (Å²) >= 11 is 0. The van der Waals surface area contributed by atoms with Gasteiger partial charge in [-0.3, -0.25) is 43.2 Å². The quantitative estimate of drug-likeness (QED) is 0.0629. The molecule has 1 saturated heterocycles. The predicted molar refractivity (Wildman–Crippen MR) is 161 cm³/mol. The molecule has 1 rings (SSSR count). The Bertz CT molecular complexity index is 1180. The summed E-state index contributed by atoms with van der Waals surface area (Å²) in [5, 5.41) is 21.2. The van der Waals surface area contributed by atoms with Crippen molar-refractivity contribution in [3.8, 4) is 0 Å². The van der Waals surface area contributed by atoms with Crippen LogP contribution in [0, 0.1) is 5.92 Å². The Labute approximate surface area is 266 Å². The maximum absolute atomic E-state index is 13.4. The van der Waals surface area contributed by atoms with Crippen LogP contribution in [0.2, 0.25) is 0 Å². The van der Waals surface area contributed by atoms with E-state index in [1.807, 2.05) is 0 Å². The second kappa shape index (κ2) is 19.0. The fourth-order valence-electron chi connectivity index (χ4n) is 4.66. The molecular formula is C28H46N8O10. The molecule has 5 atom stereocenters. The highest BCUT2D eigenvalue weighted by atomic mass is 16.4. The highest BCUT2D eigenvalue weighted by Gasteiger charge is 2.38. The average molecular weight is 655 g/mol. The average Bonchev–Trinajstić information content (AvgIpc) is 3.46. The Morgan fingerprint density at radius 3 is 1.96 bits per heavy atom. The number of likely N-dealkylation sites (tertiary alicyclic amines) is 1. The van der Waals surface area contributed by atoms with Gasteiger partial charge in [0.15, 0.2) is 5.78 Å². The van der Waals surface area contributed by atoms with E-state index in [1.54, 1.807) is 13.8 Å². The van der Waals surface area contributed by atoms with Crippen LogP contribution in [0.25, 0.3) is 0 Å². The molecule has 0 radical (unpaired) electrons. The third kappa shape index (κ3) is 13.6. The Balaban J connectivity index is 2.94. The first-order chi connectivity index (χ1) is 21.5. The number of nitrogens with one attached hydrogen (secondary N) is 5. The van der Waals surface area contributed by atoms with Crippen molar-refractivity contribution in [3.63, 3.8) is 0 Å². The lowest BCUT2D eigenvalue weighted by atomic mass is 10.0. The van der Waals surface area contributed by atoms with Crippen LogP contribution in [0.15, 0.2) is 0 Å². The molecule has 10 N–H and O–H groups in total. The number of carbonyl (C=O) groups excluding carboxylic acids is 8. The van der Waals surface area contributed by atoms with Crippen molar-refractivity contribution in [1.29, 1.82) is 0 Å². The summed E-state index contributed by atoms with van der Waals surface area (Å²) in [5.74, 6) is -6.98. The van der Waals surface area contributed by atoms with Crippen LogP contribution in [-0.4, -0.2) is 113 Å². The molecule has 0 spiro atoms. The highest BCUT2D eigenvalue weighted by molar-refractivity contribution is 6.01. The number of rotatable bonds is 19. The third-order valence-corrected chi connectivity index (χ3v) is 7.02. The molecule has 0 aliphatic carbocycles. The molecule has 0 aromatic carbocycles. The second-order valence-corrected chi connectivity index (χ2v) is 11.5. The van der Waals surface area contributed by atoms with Crippen molar-refractivity contribution in [3.05, 3.63) is 0 Å². The van der Waals surface area contributed by atoms with E-state index in [2.05, 4.69) is 26.6 Å². The van der Waals surface area contributed by atoms with Crippen LogP contribution in [0.4, 0.5) is 0 Å². The Morgan fingerprint density at radius 2 is 1.41 bits per heavy atom. The Hall–Kier alpha value is -4.61. The second-order valence-electron chi connectivity index (χ2n) is 11.5. The van der Waals surface area contributed by atoms with Gasteiger partial charge in [0.25, 0.3) is 0 Å². The fraction of sp³-hybridized carbons (Fsp3) is 0.679. The minimum atomic E-state index is -1.34. The van der Waals surface area contributed by atoms with E-state index in [4.69, 9.17) is 16.6 Å². The van der Waals surface area contributed by atoms with Gasteiger partial charge < -0.3 is 48.1 Å². The lowest BCUT2D eigenvalue weighted by Crippen LogP contribution is -2.58.